The van der Waals surface area contributed by atoms with Crippen molar-refractivity contribution < 1.29 is 19.1 Å². The summed E-state index contributed by atoms with van der Waals surface area (Å²) < 4.78 is 11.0. The van der Waals surface area contributed by atoms with Crippen LogP contribution in [0.5, 0.6) is 5.75 Å². The summed E-state index contributed by atoms with van der Waals surface area (Å²) in [5.74, 6) is 0.646. The lowest BCUT2D eigenvalue weighted by Crippen LogP contribution is -2.42. The van der Waals surface area contributed by atoms with Crippen LogP contribution in [-0.4, -0.2) is 42.1 Å². The van der Waals surface area contributed by atoms with E-state index >= 15 is 0 Å². The van der Waals surface area contributed by atoms with Crippen LogP contribution in [-0.2, 0) is 22.7 Å². The minimum absolute atomic E-state index is 0.133. The Morgan fingerprint density at radius 3 is 2.31 bits per heavy atom. The van der Waals surface area contributed by atoms with Crippen molar-refractivity contribution in [1.82, 2.24) is 10.2 Å². The minimum atomic E-state index is -0.617. The molecule has 2 aromatic rings. The highest BCUT2D eigenvalue weighted by molar-refractivity contribution is 5.81. The molecule has 0 saturated carbocycles. The fraction of sp³-hybridized carbons (Fsp3) is 0.440. The van der Waals surface area contributed by atoms with E-state index in [0.717, 1.165) is 16.9 Å². The number of nitrogens with zero attached hydrogens (tertiary/aromatic N) is 1. The zero-order valence-electron chi connectivity index (χ0n) is 19.5. The molecule has 174 valence electrons. The zero-order chi connectivity index (χ0) is 23.6. The van der Waals surface area contributed by atoms with Gasteiger partial charge in [0.2, 0.25) is 5.91 Å². The summed E-state index contributed by atoms with van der Waals surface area (Å²) >= 11 is 0. The number of rotatable bonds is 10. The van der Waals surface area contributed by atoms with Crippen LogP contribution in [0.1, 0.15) is 44.7 Å². The predicted molar refractivity (Wildman–Crippen MR) is 125 cm³/mol. The Labute approximate surface area is 190 Å². The highest BCUT2D eigenvalue weighted by atomic mass is 16.6. The summed E-state index contributed by atoms with van der Waals surface area (Å²) in [5, 5.41) is 2.68. The second kappa shape index (κ2) is 12.1. The van der Waals surface area contributed by atoms with Crippen LogP contribution in [0.25, 0.3) is 0 Å². The third-order valence-corrected chi connectivity index (χ3v) is 4.64. The number of nitrogens with two attached hydrogens (primary N) is 1. The Balaban J connectivity index is 1.71. The summed E-state index contributed by atoms with van der Waals surface area (Å²) in [5.41, 5.74) is 7.62. The van der Waals surface area contributed by atoms with Gasteiger partial charge in [0.05, 0.1) is 6.04 Å². The van der Waals surface area contributed by atoms with Crippen LogP contribution in [0, 0.1) is 0 Å². The molecule has 7 heteroatoms. The highest BCUT2D eigenvalue weighted by Crippen LogP contribution is 2.16. The van der Waals surface area contributed by atoms with E-state index in [4.69, 9.17) is 15.2 Å². The molecule has 0 radical (unpaired) electrons. The Hall–Kier alpha value is -3.06. The Morgan fingerprint density at radius 1 is 1.03 bits per heavy atom. The van der Waals surface area contributed by atoms with Gasteiger partial charge in [-0.3, -0.25) is 4.79 Å². The molecule has 0 heterocycles. The largest absolute Gasteiger partial charge is 0.489 e. The molecule has 0 fully saturated rings. The first-order chi connectivity index (χ1) is 15.1. The molecule has 2 rings (SSSR count). The van der Waals surface area contributed by atoms with E-state index in [9.17, 15) is 9.59 Å². The average Bonchev–Trinajstić information content (AvgIpc) is 2.75. The monoisotopic (exact) mass is 441 g/mol. The molecule has 1 atom stereocenters. The maximum Gasteiger partial charge on any atom is 0.407 e. The van der Waals surface area contributed by atoms with Crippen molar-refractivity contribution in [2.75, 3.05) is 13.6 Å². The summed E-state index contributed by atoms with van der Waals surface area (Å²) in [6, 6.07) is 17.1. The standard InChI is InChI=1S/C25H35N3O4/c1-25(2,3)32-24(30)27-16-8-11-22(26)23(29)28(4)17-19-12-14-21(15-13-19)31-18-20-9-6-5-7-10-20/h5-7,9-10,12-15,22H,8,11,16-18,26H2,1-4H3,(H,27,30)/t22-/m1/s1. The molecule has 0 spiro atoms. The minimum Gasteiger partial charge on any atom is -0.489 e. The first-order valence-corrected chi connectivity index (χ1v) is 10.9. The Bertz CT molecular complexity index is 848. The van der Waals surface area contributed by atoms with Gasteiger partial charge in [-0.15, -0.1) is 0 Å². The topological polar surface area (TPSA) is 93.9 Å². The lowest BCUT2D eigenvalue weighted by molar-refractivity contribution is -0.132. The lowest BCUT2D eigenvalue weighted by Gasteiger charge is -2.22. The number of benzene rings is 2. The van der Waals surface area contributed by atoms with Crippen molar-refractivity contribution in [3.8, 4) is 5.75 Å². The summed E-state index contributed by atoms with van der Waals surface area (Å²) in [6.45, 7) is 6.80. The summed E-state index contributed by atoms with van der Waals surface area (Å²) in [7, 11) is 1.74. The number of carbonyl (C=O) groups excluding carboxylic acids is 2. The highest BCUT2D eigenvalue weighted by Gasteiger charge is 2.19. The van der Waals surface area contributed by atoms with Crippen LogP contribution in [0.15, 0.2) is 54.6 Å². The van der Waals surface area contributed by atoms with E-state index in [1.807, 2.05) is 75.4 Å². The molecule has 2 amide bonds. The van der Waals surface area contributed by atoms with Crippen molar-refractivity contribution in [1.29, 1.82) is 0 Å². The van der Waals surface area contributed by atoms with Gasteiger partial charge in [0, 0.05) is 20.1 Å². The first kappa shape index (κ1) is 25.2. The maximum absolute atomic E-state index is 12.6. The molecule has 0 bridgehead atoms. The number of amides is 2. The van der Waals surface area contributed by atoms with E-state index in [1.54, 1.807) is 11.9 Å². The van der Waals surface area contributed by atoms with Crippen molar-refractivity contribution in [3.63, 3.8) is 0 Å². The van der Waals surface area contributed by atoms with Crippen LogP contribution >= 0.6 is 0 Å². The molecule has 0 aliphatic heterocycles. The number of alkyl carbamates (subject to hydrolysis) is 1. The van der Waals surface area contributed by atoms with E-state index in [0.29, 0.717) is 32.5 Å². The van der Waals surface area contributed by atoms with Gasteiger partial charge in [0.25, 0.3) is 0 Å². The predicted octanol–water partition coefficient (Wildman–Crippen LogP) is 3.86. The second-order valence-corrected chi connectivity index (χ2v) is 8.79. The van der Waals surface area contributed by atoms with Gasteiger partial charge < -0.3 is 25.4 Å². The molecule has 0 unspecified atom stereocenters. The molecule has 7 nitrogen and oxygen atoms in total. The second-order valence-electron chi connectivity index (χ2n) is 8.79. The maximum atomic E-state index is 12.6. The van der Waals surface area contributed by atoms with Crippen LogP contribution in [0.2, 0.25) is 0 Å². The van der Waals surface area contributed by atoms with Gasteiger partial charge in [0.1, 0.15) is 18.0 Å². The van der Waals surface area contributed by atoms with E-state index in [2.05, 4.69) is 5.32 Å². The molecule has 2 aromatic carbocycles. The van der Waals surface area contributed by atoms with Crippen molar-refractivity contribution in [3.05, 3.63) is 65.7 Å². The van der Waals surface area contributed by atoms with Gasteiger partial charge in [0.15, 0.2) is 0 Å². The van der Waals surface area contributed by atoms with E-state index < -0.39 is 17.7 Å². The van der Waals surface area contributed by atoms with Crippen molar-refractivity contribution >= 4 is 12.0 Å². The van der Waals surface area contributed by atoms with Gasteiger partial charge in [-0.2, -0.15) is 0 Å². The Kier molecular flexibility index (Phi) is 9.53. The normalized spacial score (nSPS) is 12.0. The molecule has 0 aliphatic carbocycles. The van der Waals surface area contributed by atoms with Gasteiger partial charge >= 0.3 is 6.09 Å². The van der Waals surface area contributed by atoms with E-state index in [-0.39, 0.29) is 5.91 Å². The van der Waals surface area contributed by atoms with Crippen molar-refractivity contribution in [2.24, 2.45) is 5.73 Å². The van der Waals surface area contributed by atoms with Crippen LogP contribution in [0.4, 0.5) is 4.79 Å². The molecular weight excluding hydrogens is 406 g/mol. The number of likely N-dealkylation sites (N-methyl/N-ethyl adjacent to an activating group) is 1. The molecule has 0 aliphatic rings. The van der Waals surface area contributed by atoms with Crippen molar-refractivity contribution in [2.45, 2.75) is 58.4 Å². The quantitative estimate of drug-likeness (QED) is 0.546. The third-order valence-electron chi connectivity index (χ3n) is 4.64. The molecule has 0 saturated heterocycles. The molecule has 0 aromatic heterocycles. The van der Waals surface area contributed by atoms with Gasteiger partial charge in [-0.05, 0) is 56.9 Å². The SMILES string of the molecule is CN(Cc1ccc(OCc2ccccc2)cc1)C(=O)[C@H](N)CCCNC(=O)OC(C)(C)C. The fourth-order valence-electron chi connectivity index (χ4n) is 3.02. The van der Waals surface area contributed by atoms with Crippen LogP contribution < -0.4 is 15.8 Å². The number of nitrogens with one attached hydrogen (secondary N) is 1. The lowest BCUT2D eigenvalue weighted by atomic mass is 10.1. The number of hydrogen-bond acceptors (Lipinski definition) is 5. The molecular formula is C25H35N3O4. The summed E-state index contributed by atoms with van der Waals surface area (Å²) in [6.07, 6.45) is 0.601. The smallest absolute Gasteiger partial charge is 0.407 e. The Morgan fingerprint density at radius 2 is 1.69 bits per heavy atom. The van der Waals surface area contributed by atoms with Crippen LogP contribution in [0.3, 0.4) is 0 Å². The van der Waals surface area contributed by atoms with Gasteiger partial charge in [-0.1, -0.05) is 42.5 Å². The number of ether oxygens (including phenoxy) is 2. The number of carbonyl (C=O) groups is 2. The molecule has 32 heavy (non-hydrogen) atoms. The van der Waals surface area contributed by atoms with E-state index in [1.165, 1.54) is 0 Å². The first-order valence-electron chi connectivity index (χ1n) is 10.9. The third kappa shape index (κ3) is 9.39. The summed E-state index contributed by atoms with van der Waals surface area (Å²) in [4.78, 5) is 25.8. The molecule has 3 N–H and O–H groups in total. The van der Waals surface area contributed by atoms with Gasteiger partial charge in [-0.25, -0.2) is 4.79 Å². The number of hydrogen-bond donors (Lipinski definition) is 2. The fourth-order valence-corrected chi connectivity index (χ4v) is 3.02. The zero-order valence-corrected chi connectivity index (χ0v) is 19.5. The average molecular weight is 442 g/mol.